The first-order valence-corrected chi connectivity index (χ1v) is 9.05. The van der Waals surface area contributed by atoms with E-state index >= 15 is 0 Å². The number of carbonyl (C=O) groups is 3. The second-order valence-electron chi connectivity index (χ2n) is 6.29. The number of hydrogen-bond donors (Lipinski definition) is 1. The van der Waals surface area contributed by atoms with Crippen molar-refractivity contribution in [2.45, 2.75) is 26.8 Å². The Morgan fingerprint density at radius 1 is 1.03 bits per heavy atom. The van der Waals surface area contributed by atoms with Crippen molar-refractivity contribution in [3.63, 3.8) is 0 Å². The molecule has 3 rings (SSSR count). The molecule has 29 heavy (non-hydrogen) atoms. The first-order chi connectivity index (χ1) is 13.8. The fraction of sp³-hybridized carbons (Fsp3) is 0.227. The molecular weight excluding hydrogens is 372 g/mol. The van der Waals surface area contributed by atoms with E-state index in [9.17, 15) is 19.5 Å². The van der Waals surface area contributed by atoms with Gasteiger partial charge in [0.15, 0.2) is 5.75 Å². The van der Waals surface area contributed by atoms with Crippen LogP contribution in [0.25, 0.3) is 10.9 Å². The zero-order valence-corrected chi connectivity index (χ0v) is 16.6. The lowest BCUT2D eigenvalue weighted by atomic mass is 10.0. The zero-order chi connectivity index (χ0) is 21.6. The molecule has 2 aromatic carbocycles. The molecule has 0 aliphatic rings. The number of Topliss-reactive ketones (excluding diaryl/α,β-unsaturated/α-hetero) is 1. The molecule has 0 atom stereocenters. The minimum Gasteiger partial charge on any atom is -0.469 e. The van der Waals surface area contributed by atoms with E-state index in [1.807, 2.05) is 41.8 Å². The lowest BCUT2D eigenvalue weighted by Crippen LogP contribution is -2.24. The van der Waals surface area contributed by atoms with Crippen molar-refractivity contribution in [1.82, 2.24) is 4.57 Å². The summed E-state index contributed by atoms with van der Waals surface area (Å²) in [5.74, 6) is -2.39. The van der Waals surface area contributed by atoms with Gasteiger partial charge in [0.25, 0.3) is 11.7 Å². The van der Waals surface area contributed by atoms with E-state index in [4.69, 9.17) is 5.73 Å². The predicted molar refractivity (Wildman–Crippen MR) is 108 cm³/mol. The number of carbonyl (C=O) groups excluding carboxylic acids is 3. The van der Waals surface area contributed by atoms with Crippen LogP contribution in [0.2, 0.25) is 0 Å². The van der Waals surface area contributed by atoms with Gasteiger partial charge in [-0.3, -0.25) is 19.5 Å². The SMILES string of the molecule is CCc1c(C(=O)C(N)=O)c2c([O])cccc2n1Cc1ccccc1.COC(C)=O. The smallest absolute Gasteiger partial charge is 0.302 e. The molecule has 7 heteroatoms. The second-order valence-corrected chi connectivity index (χ2v) is 6.29. The van der Waals surface area contributed by atoms with Crippen molar-refractivity contribution in [3.8, 4) is 5.75 Å². The molecule has 1 radical (unpaired) electrons. The Balaban J connectivity index is 0.000000537. The van der Waals surface area contributed by atoms with Crippen molar-refractivity contribution in [2.75, 3.05) is 7.11 Å². The van der Waals surface area contributed by atoms with Gasteiger partial charge in [-0.05, 0) is 24.1 Å². The highest BCUT2D eigenvalue weighted by Gasteiger charge is 2.27. The number of aromatic nitrogens is 1. The van der Waals surface area contributed by atoms with Crippen LogP contribution >= 0.6 is 0 Å². The number of methoxy groups -OCH3 is 1. The summed E-state index contributed by atoms with van der Waals surface area (Å²) in [6.07, 6.45) is 0.509. The van der Waals surface area contributed by atoms with E-state index in [0.717, 1.165) is 5.56 Å². The van der Waals surface area contributed by atoms with Gasteiger partial charge < -0.3 is 15.0 Å². The summed E-state index contributed by atoms with van der Waals surface area (Å²) in [5, 5.41) is 12.6. The Morgan fingerprint density at radius 3 is 2.17 bits per heavy atom. The molecule has 2 N–H and O–H groups in total. The first kappa shape index (κ1) is 21.7. The topological polar surface area (TPSA) is 111 Å². The molecule has 3 aromatic rings. The van der Waals surface area contributed by atoms with E-state index in [1.165, 1.54) is 20.1 Å². The maximum Gasteiger partial charge on any atom is 0.302 e. The van der Waals surface area contributed by atoms with E-state index in [-0.39, 0.29) is 22.7 Å². The number of esters is 1. The summed E-state index contributed by atoms with van der Waals surface area (Å²) in [4.78, 5) is 33.4. The Bertz CT molecular complexity index is 1040. The number of hydrogen-bond acceptors (Lipinski definition) is 4. The van der Waals surface area contributed by atoms with Crippen molar-refractivity contribution in [1.29, 1.82) is 0 Å². The van der Waals surface area contributed by atoms with Crippen LogP contribution in [0.5, 0.6) is 5.75 Å². The number of primary amides is 1. The average molecular weight is 395 g/mol. The van der Waals surface area contributed by atoms with Crippen molar-refractivity contribution in [3.05, 3.63) is 65.4 Å². The highest BCUT2D eigenvalue weighted by molar-refractivity contribution is 6.45. The third kappa shape index (κ3) is 4.82. The van der Waals surface area contributed by atoms with E-state index in [1.54, 1.807) is 12.1 Å². The van der Waals surface area contributed by atoms with Gasteiger partial charge >= 0.3 is 5.97 Å². The Kier molecular flexibility index (Phi) is 7.14. The highest BCUT2D eigenvalue weighted by Crippen LogP contribution is 2.34. The lowest BCUT2D eigenvalue weighted by Gasteiger charge is -2.10. The highest BCUT2D eigenvalue weighted by atomic mass is 16.5. The molecule has 7 nitrogen and oxygen atoms in total. The van der Waals surface area contributed by atoms with Gasteiger partial charge in [0.05, 0.1) is 23.6 Å². The molecule has 0 saturated heterocycles. The Labute approximate surface area is 168 Å². The van der Waals surface area contributed by atoms with Crippen LogP contribution in [0.3, 0.4) is 0 Å². The van der Waals surface area contributed by atoms with Gasteiger partial charge in [-0.25, -0.2) is 0 Å². The molecule has 0 aliphatic heterocycles. The molecule has 151 valence electrons. The largest absolute Gasteiger partial charge is 0.469 e. The van der Waals surface area contributed by atoms with Crippen molar-refractivity contribution in [2.24, 2.45) is 5.73 Å². The fourth-order valence-electron chi connectivity index (χ4n) is 3.10. The normalized spacial score (nSPS) is 10.2. The molecule has 1 aromatic heterocycles. The van der Waals surface area contributed by atoms with Crippen LogP contribution in [-0.2, 0) is 32.4 Å². The van der Waals surface area contributed by atoms with Gasteiger partial charge in [0, 0.05) is 19.2 Å². The number of rotatable bonds is 5. The summed E-state index contributed by atoms with van der Waals surface area (Å²) in [6.45, 7) is 3.76. The quantitative estimate of drug-likeness (QED) is 0.406. The standard InChI is InChI=1S/C19H17N2O3.C3H6O2/c1-2-13-17(18(23)19(20)24)16-14(9-6-10-15(16)22)21(13)11-12-7-4-3-5-8-12;1-3(4)5-2/h3-10H,2,11H2,1H3,(H2,20,24);1-2H3. The number of benzene rings is 2. The Hall–Kier alpha value is -3.61. The van der Waals surface area contributed by atoms with Gasteiger partial charge in [-0.1, -0.05) is 43.3 Å². The molecule has 0 bridgehead atoms. The minimum absolute atomic E-state index is 0.140. The molecule has 0 fully saturated rings. The van der Waals surface area contributed by atoms with Crippen LogP contribution in [-0.4, -0.2) is 29.3 Å². The monoisotopic (exact) mass is 395 g/mol. The van der Waals surface area contributed by atoms with Crippen LogP contribution < -0.4 is 5.73 Å². The average Bonchev–Trinajstić information content (AvgIpc) is 3.03. The third-order valence-electron chi connectivity index (χ3n) is 4.42. The van der Waals surface area contributed by atoms with E-state index < -0.39 is 11.7 Å². The maximum absolute atomic E-state index is 12.3. The maximum atomic E-state index is 12.3. The minimum atomic E-state index is -1.05. The lowest BCUT2D eigenvalue weighted by molar-refractivity contribution is -0.137. The van der Waals surface area contributed by atoms with Crippen molar-refractivity contribution < 1.29 is 24.2 Å². The molecule has 0 saturated carbocycles. The number of nitrogens with two attached hydrogens (primary N) is 1. The van der Waals surface area contributed by atoms with Crippen LogP contribution in [0.15, 0.2) is 48.5 Å². The van der Waals surface area contributed by atoms with Gasteiger partial charge in [-0.15, -0.1) is 0 Å². The first-order valence-electron chi connectivity index (χ1n) is 9.05. The summed E-state index contributed by atoms with van der Waals surface area (Å²) in [5.41, 5.74) is 7.68. The number of ketones is 1. The van der Waals surface area contributed by atoms with E-state index in [2.05, 4.69) is 4.74 Å². The number of nitrogens with zero attached hydrogens (tertiary/aromatic N) is 1. The summed E-state index contributed by atoms with van der Waals surface area (Å²) >= 11 is 0. The molecular formula is C22H23N2O5. The molecule has 1 heterocycles. The zero-order valence-electron chi connectivity index (χ0n) is 16.6. The van der Waals surface area contributed by atoms with Gasteiger partial charge in [-0.2, -0.15) is 0 Å². The number of fused-ring (bicyclic) bond motifs is 1. The predicted octanol–water partition coefficient (Wildman–Crippen LogP) is 3.24. The summed E-state index contributed by atoms with van der Waals surface area (Å²) in [7, 11) is 1.35. The third-order valence-corrected chi connectivity index (χ3v) is 4.42. The molecule has 0 spiro atoms. The Morgan fingerprint density at radius 2 is 1.66 bits per heavy atom. The number of amides is 1. The van der Waals surface area contributed by atoms with Crippen LogP contribution in [0.1, 0.15) is 35.5 Å². The summed E-state index contributed by atoms with van der Waals surface area (Å²) in [6, 6.07) is 14.6. The molecule has 0 unspecified atom stereocenters. The molecule has 1 amide bonds. The second kappa shape index (κ2) is 9.54. The van der Waals surface area contributed by atoms with Gasteiger partial charge in [0.1, 0.15) is 0 Å². The van der Waals surface area contributed by atoms with Crippen LogP contribution in [0.4, 0.5) is 0 Å². The molecule has 0 aliphatic carbocycles. The van der Waals surface area contributed by atoms with Crippen LogP contribution in [0, 0.1) is 0 Å². The van der Waals surface area contributed by atoms with Crippen molar-refractivity contribution >= 4 is 28.6 Å². The summed E-state index contributed by atoms with van der Waals surface area (Å²) < 4.78 is 6.03. The number of ether oxygens (including phenoxy) is 1. The fourth-order valence-corrected chi connectivity index (χ4v) is 3.10. The van der Waals surface area contributed by atoms with E-state index in [0.29, 0.717) is 24.2 Å². The van der Waals surface area contributed by atoms with Gasteiger partial charge in [0.2, 0.25) is 0 Å².